The van der Waals surface area contributed by atoms with Crippen LogP contribution in [-0.2, 0) is 12.2 Å². The van der Waals surface area contributed by atoms with Crippen LogP contribution >= 0.6 is 39.0 Å². The van der Waals surface area contributed by atoms with Crippen molar-refractivity contribution in [2.24, 2.45) is 0 Å². The van der Waals surface area contributed by atoms with Crippen LogP contribution in [0.25, 0.3) is 0 Å². The van der Waals surface area contributed by atoms with Crippen LogP contribution in [-0.4, -0.2) is 16.6 Å². The summed E-state index contributed by atoms with van der Waals surface area (Å²) in [5.41, 5.74) is 3.06. The van der Waals surface area contributed by atoms with E-state index in [4.69, 9.17) is 0 Å². The molecular formula is C14H13BrN2OS2. The standard InChI is InChI=1S/C14H13BrN2OS2/c1-8-4-10(6-16-13(8)15)17-14(18)12-5-9-7-19-3-2-11(9)20-12/h4-6H,2-3,7H2,1H3,(H,17,18). The van der Waals surface area contributed by atoms with Crippen molar-refractivity contribution in [3.8, 4) is 0 Å². The first-order chi connectivity index (χ1) is 9.63. The van der Waals surface area contributed by atoms with Crippen molar-refractivity contribution >= 4 is 50.6 Å². The van der Waals surface area contributed by atoms with Gasteiger partial charge in [-0.3, -0.25) is 4.79 Å². The zero-order valence-electron chi connectivity index (χ0n) is 10.9. The summed E-state index contributed by atoms with van der Waals surface area (Å²) in [5.74, 6) is 2.14. The number of halogens is 1. The second-order valence-corrected chi connectivity index (χ2v) is 7.64. The van der Waals surface area contributed by atoms with Gasteiger partial charge in [-0.05, 0) is 58.3 Å². The molecule has 0 saturated heterocycles. The van der Waals surface area contributed by atoms with E-state index in [9.17, 15) is 4.79 Å². The topological polar surface area (TPSA) is 42.0 Å². The summed E-state index contributed by atoms with van der Waals surface area (Å²) in [7, 11) is 0. The molecule has 0 atom stereocenters. The first-order valence-corrected chi connectivity index (χ1v) is 9.03. The van der Waals surface area contributed by atoms with E-state index in [1.165, 1.54) is 10.4 Å². The number of pyridine rings is 1. The largest absolute Gasteiger partial charge is 0.320 e. The Labute approximate surface area is 134 Å². The normalized spacial score (nSPS) is 13.9. The number of aromatic nitrogens is 1. The highest BCUT2D eigenvalue weighted by atomic mass is 79.9. The van der Waals surface area contributed by atoms with Crippen molar-refractivity contribution in [2.45, 2.75) is 19.1 Å². The molecule has 3 rings (SSSR count). The van der Waals surface area contributed by atoms with Crippen molar-refractivity contribution in [3.63, 3.8) is 0 Å². The van der Waals surface area contributed by atoms with Gasteiger partial charge in [0.05, 0.1) is 16.8 Å². The average molecular weight is 369 g/mol. The van der Waals surface area contributed by atoms with Gasteiger partial charge in [-0.15, -0.1) is 11.3 Å². The number of hydrogen-bond acceptors (Lipinski definition) is 4. The number of rotatable bonds is 2. The lowest BCUT2D eigenvalue weighted by atomic mass is 10.2. The highest BCUT2D eigenvalue weighted by Crippen LogP contribution is 2.32. The minimum absolute atomic E-state index is 0.0436. The van der Waals surface area contributed by atoms with E-state index in [1.807, 2.05) is 30.8 Å². The van der Waals surface area contributed by atoms with E-state index in [0.29, 0.717) is 0 Å². The SMILES string of the molecule is Cc1cc(NC(=O)c2cc3c(s2)CCSC3)cnc1Br. The first-order valence-electron chi connectivity index (χ1n) is 6.26. The molecule has 6 heteroatoms. The van der Waals surface area contributed by atoms with Crippen LogP contribution in [0.1, 0.15) is 25.7 Å². The summed E-state index contributed by atoms with van der Waals surface area (Å²) in [5, 5.41) is 2.92. The number of carbonyl (C=O) groups excluding carboxylic acids is 1. The molecule has 1 aliphatic rings. The van der Waals surface area contributed by atoms with Gasteiger partial charge in [0.25, 0.3) is 5.91 Å². The molecule has 0 spiro atoms. The Kier molecular flexibility index (Phi) is 4.14. The van der Waals surface area contributed by atoms with Gasteiger partial charge in [-0.2, -0.15) is 11.8 Å². The number of hydrogen-bond donors (Lipinski definition) is 1. The fourth-order valence-corrected chi connectivity index (χ4v) is 4.56. The van der Waals surface area contributed by atoms with Crippen molar-refractivity contribution in [2.75, 3.05) is 11.1 Å². The Morgan fingerprint density at radius 3 is 3.05 bits per heavy atom. The zero-order chi connectivity index (χ0) is 14.1. The van der Waals surface area contributed by atoms with Gasteiger partial charge in [0.15, 0.2) is 0 Å². The minimum Gasteiger partial charge on any atom is -0.320 e. The lowest BCUT2D eigenvalue weighted by Gasteiger charge is -2.08. The summed E-state index contributed by atoms with van der Waals surface area (Å²) < 4.78 is 0.805. The third-order valence-electron chi connectivity index (χ3n) is 3.12. The third kappa shape index (κ3) is 2.92. The number of aryl methyl sites for hydroxylation is 2. The predicted molar refractivity (Wildman–Crippen MR) is 88.8 cm³/mol. The second-order valence-electron chi connectivity index (χ2n) is 4.65. The van der Waals surface area contributed by atoms with E-state index in [2.05, 4.69) is 26.2 Å². The molecule has 2 aromatic heterocycles. The van der Waals surface area contributed by atoms with Gasteiger partial charge in [0.2, 0.25) is 0 Å². The van der Waals surface area contributed by atoms with Crippen LogP contribution in [0.15, 0.2) is 22.9 Å². The molecule has 2 aromatic rings. The molecule has 3 heterocycles. The number of nitrogens with one attached hydrogen (secondary N) is 1. The molecule has 3 nitrogen and oxygen atoms in total. The Morgan fingerprint density at radius 1 is 1.45 bits per heavy atom. The summed E-state index contributed by atoms with van der Waals surface area (Å²) in [6.07, 6.45) is 2.75. The highest BCUT2D eigenvalue weighted by molar-refractivity contribution is 9.10. The maximum absolute atomic E-state index is 12.3. The Morgan fingerprint density at radius 2 is 2.30 bits per heavy atom. The number of amides is 1. The van der Waals surface area contributed by atoms with E-state index < -0.39 is 0 Å². The van der Waals surface area contributed by atoms with Crippen LogP contribution < -0.4 is 5.32 Å². The molecule has 0 aliphatic carbocycles. The molecule has 104 valence electrons. The van der Waals surface area contributed by atoms with Crippen LogP contribution in [0, 0.1) is 6.92 Å². The second kappa shape index (κ2) is 5.87. The molecule has 0 bridgehead atoms. The number of carbonyl (C=O) groups is 1. The summed E-state index contributed by atoms with van der Waals surface area (Å²) >= 11 is 6.90. The number of fused-ring (bicyclic) bond motifs is 1. The van der Waals surface area contributed by atoms with E-state index in [0.717, 1.165) is 38.7 Å². The lowest BCUT2D eigenvalue weighted by molar-refractivity contribution is 0.103. The zero-order valence-corrected chi connectivity index (χ0v) is 14.1. The molecule has 1 amide bonds. The van der Waals surface area contributed by atoms with Crippen molar-refractivity contribution in [3.05, 3.63) is 43.8 Å². The Balaban J connectivity index is 1.78. The molecule has 0 saturated carbocycles. The molecule has 1 N–H and O–H groups in total. The Bertz CT molecular complexity index is 646. The molecule has 0 unspecified atom stereocenters. The summed E-state index contributed by atoms with van der Waals surface area (Å²) in [6, 6.07) is 3.94. The fraction of sp³-hybridized carbons (Fsp3) is 0.286. The number of thiophene rings is 1. The lowest BCUT2D eigenvalue weighted by Crippen LogP contribution is -2.10. The molecule has 20 heavy (non-hydrogen) atoms. The average Bonchev–Trinajstić information content (AvgIpc) is 2.87. The third-order valence-corrected chi connectivity index (χ3v) is 6.20. The van der Waals surface area contributed by atoms with E-state index >= 15 is 0 Å². The van der Waals surface area contributed by atoms with Gasteiger partial charge < -0.3 is 5.32 Å². The molecule has 1 aliphatic heterocycles. The molecule has 0 radical (unpaired) electrons. The van der Waals surface area contributed by atoms with Gasteiger partial charge >= 0.3 is 0 Å². The van der Waals surface area contributed by atoms with Gasteiger partial charge in [-0.25, -0.2) is 4.98 Å². The van der Waals surface area contributed by atoms with Crippen LogP contribution in [0.5, 0.6) is 0 Å². The first kappa shape index (κ1) is 14.1. The number of thioether (sulfide) groups is 1. The number of nitrogens with zero attached hydrogens (tertiary/aromatic N) is 1. The van der Waals surface area contributed by atoms with E-state index in [1.54, 1.807) is 17.5 Å². The number of anilines is 1. The van der Waals surface area contributed by atoms with E-state index in [-0.39, 0.29) is 5.91 Å². The quantitative estimate of drug-likeness (QED) is 0.805. The van der Waals surface area contributed by atoms with Gasteiger partial charge in [0, 0.05) is 10.6 Å². The maximum atomic E-state index is 12.3. The highest BCUT2D eigenvalue weighted by Gasteiger charge is 2.17. The summed E-state index contributed by atoms with van der Waals surface area (Å²) in [4.78, 5) is 18.6. The van der Waals surface area contributed by atoms with Crippen LogP contribution in [0.3, 0.4) is 0 Å². The minimum atomic E-state index is -0.0436. The summed E-state index contributed by atoms with van der Waals surface area (Å²) in [6.45, 7) is 1.95. The molecular weight excluding hydrogens is 356 g/mol. The molecule has 0 fully saturated rings. The van der Waals surface area contributed by atoms with Crippen LogP contribution in [0.2, 0.25) is 0 Å². The van der Waals surface area contributed by atoms with Gasteiger partial charge in [0.1, 0.15) is 4.60 Å². The van der Waals surface area contributed by atoms with Crippen LogP contribution in [0.4, 0.5) is 5.69 Å². The molecule has 0 aromatic carbocycles. The predicted octanol–water partition coefficient (Wildman–Crippen LogP) is 4.26. The monoisotopic (exact) mass is 368 g/mol. The smallest absolute Gasteiger partial charge is 0.265 e. The van der Waals surface area contributed by atoms with Crippen molar-refractivity contribution in [1.82, 2.24) is 4.98 Å². The Hall–Kier alpha value is -0.850. The van der Waals surface area contributed by atoms with Crippen molar-refractivity contribution < 1.29 is 4.79 Å². The fourth-order valence-electron chi connectivity index (χ4n) is 2.08. The van der Waals surface area contributed by atoms with Crippen molar-refractivity contribution in [1.29, 1.82) is 0 Å². The van der Waals surface area contributed by atoms with Gasteiger partial charge in [-0.1, -0.05) is 0 Å². The maximum Gasteiger partial charge on any atom is 0.265 e.